The Labute approximate surface area is 69.6 Å². The maximum Gasteiger partial charge on any atom is -0.00151 e. The van der Waals surface area contributed by atoms with Gasteiger partial charge in [-0.3, -0.25) is 0 Å². The van der Waals surface area contributed by atoms with Crippen LogP contribution in [0.5, 0.6) is 0 Å². The van der Waals surface area contributed by atoms with Crippen LogP contribution in [0.15, 0.2) is 0 Å². The first-order chi connectivity index (χ1) is 5.29. The van der Waals surface area contributed by atoms with E-state index in [1.165, 1.54) is 25.9 Å². The standard InChI is InChI=1S/C10H19N/c1-7-3-4-9-8(2)5-11-6-10(7)9/h7-11H,3-6H2,1-2H3/t7-,8+,9-,10+/m1/s1. The first-order valence-corrected chi connectivity index (χ1v) is 4.99. The SMILES string of the molecule is C[C@@H]1CC[C@H]2[C@H]1CNC[C@@H]2C. The molecule has 0 radical (unpaired) electrons. The van der Waals surface area contributed by atoms with Crippen LogP contribution in [-0.4, -0.2) is 13.1 Å². The van der Waals surface area contributed by atoms with E-state index in [-0.39, 0.29) is 0 Å². The van der Waals surface area contributed by atoms with Crippen molar-refractivity contribution in [3.8, 4) is 0 Å². The minimum Gasteiger partial charge on any atom is -0.316 e. The lowest BCUT2D eigenvalue weighted by Crippen LogP contribution is -2.41. The van der Waals surface area contributed by atoms with E-state index in [0.29, 0.717) is 0 Å². The monoisotopic (exact) mass is 153 g/mol. The van der Waals surface area contributed by atoms with E-state index in [1.807, 2.05) is 0 Å². The first-order valence-electron chi connectivity index (χ1n) is 4.99. The van der Waals surface area contributed by atoms with Crippen molar-refractivity contribution in [2.24, 2.45) is 23.7 Å². The normalized spacial score (nSPS) is 50.7. The lowest BCUT2D eigenvalue weighted by atomic mass is 9.79. The summed E-state index contributed by atoms with van der Waals surface area (Å²) in [4.78, 5) is 0. The molecule has 0 spiro atoms. The van der Waals surface area contributed by atoms with Gasteiger partial charge in [0.2, 0.25) is 0 Å². The Balaban J connectivity index is 2.07. The lowest BCUT2D eigenvalue weighted by Gasteiger charge is -2.33. The third-order valence-electron chi connectivity index (χ3n) is 3.81. The third kappa shape index (κ3) is 1.20. The highest BCUT2D eigenvalue weighted by Gasteiger charge is 2.38. The highest BCUT2D eigenvalue weighted by atomic mass is 14.9. The van der Waals surface area contributed by atoms with Crippen LogP contribution in [0.4, 0.5) is 0 Å². The van der Waals surface area contributed by atoms with Gasteiger partial charge < -0.3 is 5.32 Å². The number of rotatable bonds is 0. The number of nitrogens with one attached hydrogen (secondary N) is 1. The zero-order chi connectivity index (χ0) is 7.84. The molecule has 2 aliphatic rings. The van der Waals surface area contributed by atoms with Crippen molar-refractivity contribution in [3.05, 3.63) is 0 Å². The predicted octanol–water partition coefficient (Wildman–Crippen LogP) is 1.89. The summed E-state index contributed by atoms with van der Waals surface area (Å²) in [5.41, 5.74) is 0. The first kappa shape index (κ1) is 7.60. The van der Waals surface area contributed by atoms with Gasteiger partial charge in [-0.05, 0) is 43.2 Å². The maximum atomic E-state index is 3.54. The average molecular weight is 153 g/mol. The molecule has 1 aliphatic heterocycles. The molecule has 1 nitrogen and oxygen atoms in total. The Morgan fingerprint density at radius 3 is 2.45 bits per heavy atom. The minimum atomic E-state index is 0.929. The summed E-state index contributed by atoms with van der Waals surface area (Å²) >= 11 is 0. The molecular weight excluding hydrogens is 134 g/mol. The van der Waals surface area contributed by atoms with Gasteiger partial charge in [0.15, 0.2) is 0 Å². The molecule has 11 heavy (non-hydrogen) atoms. The van der Waals surface area contributed by atoms with Crippen LogP contribution in [0, 0.1) is 23.7 Å². The topological polar surface area (TPSA) is 12.0 Å². The summed E-state index contributed by atoms with van der Waals surface area (Å²) in [7, 11) is 0. The Kier molecular flexibility index (Phi) is 1.92. The van der Waals surface area contributed by atoms with Gasteiger partial charge in [-0.1, -0.05) is 20.3 Å². The molecule has 4 atom stereocenters. The van der Waals surface area contributed by atoms with Gasteiger partial charge in [0, 0.05) is 0 Å². The Bertz CT molecular complexity index is 142. The van der Waals surface area contributed by atoms with Crippen LogP contribution < -0.4 is 5.32 Å². The van der Waals surface area contributed by atoms with E-state index in [0.717, 1.165) is 23.7 Å². The molecular formula is C10H19N. The second kappa shape index (κ2) is 2.78. The summed E-state index contributed by atoms with van der Waals surface area (Å²) in [5, 5.41) is 3.54. The van der Waals surface area contributed by atoms with Crippen LogP contribution in [0.2, 0.25) is 0 Å². The second-order valence-electron chi connectivity index (χ2n) is 4.52. The van der Waals surface area contributed by atoms with Crippen LogP contribution in [0.3, 0.4) is 0 Å². The van der Waals surface area contributed by atoms with Crippen molar-refractivity contribution >= 4 is 0 Å². The Morgan fingerprint density at radius 2 is 1.73 bits per heavy atom. The van der Waals surface area contributed by atoms with Gasteiger partial charge in [0.1, 0.15) is 0 Å². The van der Waals surface area contributed by atoms with Crippen molar-refractivity contribution < 1.29 is 0 Å². The number of hydrogen-bond acceptors (Lipinski definition) is 1. The fraction of sp³-hybridized carbons (Fsp3) is 1.00. The molecule has 1 heterocycles. The molecule has 1 saturated carbocycles. The van der Waals surface area contributed by atoms with Crippen LogP contribution in [0.25, 0.3) is 0 Å². The van der Waals surface area contributed by atoms with E-state index in [1.54, 1.807) is 0 Å². The van der Waals surface area contributed by atoms with Gasteiger partial charge in [-0.15, -0.1) is 0 Å². The van der Waals surface area contributed by atoms with E-state index < -0.39 is 0 Å². The molecule has 1 aliphatic carbocycles. The Morgan fingerprint density at radius 1 is 0.909 bits per heavy atom. The van der Waals surface area contributed by atoms with Crippen LogP contribution in [0.1, 0.15) is 26.7 Å². The van der Waals surface area contributed by atoms with Crippen LogP contribution >= 0.6 is 0 Å². The van der Waals surface area contributed by atoms with Gasteiger partial charge in [0.05, 0.1) is 0 Å². The van der Waals surface area contributed by atoms with Crippen molar-refractivity contribution in [2.75, 3.05) is 13.1 Å². The average Bonchev–Trinajstić information content (AvgIpc) is 2.35. The fourth-order valence-electron chi connectivity index (χ4n) is 2.99. The molecule has 0 aromatic rings. The van der Waals surface area contributed by atoms with E-state index >= 15 is 0 Å². The minimum absolute atomic E-state index is 0.929. The van der Waals surface area contributed by atoms with E-state index in [2.05, 4.69) is 19.2 Å². The van der Waals surface area contributed by atoms with Gasteiger partial charge in [0.25, 0.3) is 0 Å². The zero-order valence-electron chi connectivity index (χ0n) is 7.64. The smallest absolute Gasteiger partial charge is 0.00151 e. The van der Waals surface area contributed by atoms with Crippen molar-refractivity contribution in [1.29, 1.82) is 0 Å². The van der Waals surface area contributed by atoms with Crippen LogP contribution in [-0.2, 0) is 0 Å². The molecule has 0 bridgehead atoms. The molecule has 2 fully saturated rings. The molecule has 0 aromatic carbocycles. The molecule has 1 saturated heterocycles. The predicted molar refractivity (Wildman–Crippen MR) is 47.4 cm³/mol. The molecule has 2 rings (SSSR count). The van der Waals surface area contributed by atoms with Crippen molar-refractivity contribution in [3.63, 3.8) is 0 Å². The van der Waals surface area contributed by atoms with Crippen molar-refractivity contribution in [2.45, 2.75) is 26.7 Å². The number of hydrogen-bond donors (Lipinski definition) is 1. The lowest BCUT2D eigenvalue weighted by molar-refractivity contribution is 0.190. The molecule has 0 amide bonds. The van der Waals surface area contributed by atoms with Gasteiger partial charge in [-0.2, -0.15) is 0 Å². The number of piperidine rings is 1. The summed E-state index contributed by atoms with van der Waals surface area (Å²) in [5.74, 6) is 3.96. The molecule has 0 aromatic heterocycles. The number of fused-ring (bicyclic) bond motifs is 1. The molecule has 1 heteroatoms. The highest BCUT2D eigenvalue weighted by molar-refractivity contribution is 4.90. The van der Waals surface area contributed by atoms with Gasteiger partial charge >= 0.3 is 0 Å². The highest BCUT2D eigenvalue weighted by Crippen LogP contribution is 2.42. The third-order valence-corrected chi connectivity index (χ3v) is 3.81. The Hall–Kier alpha value is -0.0400. The molecule has 0 unspecified atom stereocenters. The zero-order valence-corrected chi connectivity index (χ0v) is 7.64. The summed E-state index contributed by atoms with van der Waals surface area (Å²) in [6.07, 6.45) is 2.97. The maximum absolute atomic E-state index is 3.54. The fourth-order valence-corrected chi connectivity index (χ4v) is 2.99. The van der Waals surface area contributed by atoms with E-state index in [4.69, 9.17) is 0 Å². The summed E-state index contributed by atoms with van der Waals surface area (Å²) in [6.45, 7) is 7.37. The van der Waals surface area contributed by atoms with Crippen molar-refractivity contribution in [1.82, 2.24) is 5.32 Å². The van der Waals surface area contributed by atoms with E-state index in [9.17, 15) is 0 Å². The molecule has 1 N–H and O–H groups in total. The second-order valence-corrected chi connectivity index (χ2v) is 4.52. The largest absolute Gasteiger partial charge is 0.316 e. The summed E-state index contributed by atoms with van der Waals surface area (Å²) in [6, 6.07) is 0. The molecule has 64 valence electrons. The van der Waals surface area contributed by atoms with Gasteiger partial charge in [-0.25, -0.2) is 0 Å². The summed E-state index contributed by atoms with van der Waals surface area (Å²) < 4.78 is 0. The quantitative estimate of drug-likeness (QED) is 0.560.